The molecule has 2 amide bonds. The molecule has 2 heterocycles. The van der Waals surface area contributed by atoms with Gasteiger partial charge in [0.25, 0.3) is 11.8 Å². The molecule has 0 spiro atoms. The molecule has 0 saturated carbocycles. The number of hydrogen-bond donors (Lipinski definition) is 1. The zero-order valence-electron chi connectivity index (χ0n) is 15.5. The molecule has 3 rings (SSSR count). The normalized spacial score (nSPS) is 14.5. The first kappa shape index (κ1) is 18.7. The van der Waals surface area contributed by atoms with Crippen molar-refractivity contribution >= 4 is 11.8 Å². The SMILES string of the molecule is COc1ccc(C(=O)NC2CCN(C(=O)c3cccnc3)CC2)cc1OC. The van der Waals surface area contributed by atoms with Crippen molar-refractivity contribution in [1.82, 2.24) is 15.2 Å². The second-order valence-electron chi connectivity index (χ2n) is 6.35. The lowest BCUT2D eigenvalue weighted by atomic mass is 10.0. The van der Waals surface area contributed by atoms with Crippen LogP contribution in [0.25, 0.3) is 0 Å². The molecular formula is C20H23N3O4. The highest BCUT2D eigenvalue weighted by Gasteiger charge is 2.25. The van der Waals surface area contributed by atoms with Gasteiger partial charge in [0, 0.05) is 37.1 Å². The Morgan fingerprint density at radius 1 is 1.07 bits per heavy atom. The maximum absolute atomic E-state index is 12.5. The predicted molar refractivity (Wildman–Crippen MR) is 100 cm³/mol. The summed E-state index contributed by atoms with van der Waals surface area (Å²) in [7, 11) is 3.09. The number of ether oxygens (including phenoxy) is 2. The van der Waals surface area contributed by atoms with E-state index in [1.165, 1.54) is 7.11 Å². The number of nitrogens with one attached hydrogen (secondary N) is 1. The summed E-state index contributed by atoms with van der Waals surface area (Å²) >= 11 is 0. The predicted octanol–water partition coefficient (Wildman–Crippen LogP) is 2.13. The minimum absolute atomic E-state index is 0.0206. The van der Waals surface area contributed by atoms with Crippen LogP contribution in [0.1, 0.15) is 33.6 Å². The Hall–Kier alpha value is -3.09. The highest BCUT2D eigenvalue weighted by molar-refractivity contribution is 5.95. The van der Waals surface area contributed by atoms with Gasteiger partial charge in [0.05, 0.1) is 19.8 Å². The average molecular weight is 369 g/mol. The highest BCUT2D eigenvalue weighted by Crippen LogP contribution is 2.27. The van der Waals surface area contributed by atoms with Crippen molar-refractivity contribution in [3.05, 3.63) is 53.9 Å². The number of benzene rings is 1. The molecule has 27 heavy (non-hydrogen) atoms. The quantitative estimate of drug-likeness (QED) is 0.873. The van der Waals surface area contributed by atoms with Crippen LogP contribution < -0.4 is 14.8 Å². The Morgan fingerprint density at radius 3 is 2.44 bits per heavy atom. The van der Waals surface area contributed by atoms with Crippen molar-refractivity contribution in [2.75, 3.05) is 27.3 Å². The van der Waals surface area contributed by atoms with E-state index in [-0.39, 0.29) is 17.9 Å². The van der Waals surface area contributed by atoms with Crippen molar-refractivity contribution in [1.29, 1.82) is 0 Å². The third-order valence-electron chi connectivity index (χ3n) is 4.67. The van der Waals surface area contributed by atoms with Crippen LogP contribution >= 0.6 is 0 Å². The first-order valence-corrected chi connectivity index (χ1v) is 8.84. The Bertz CT molecular complexity index is 802. The van der Waals surface area contributed by atoms with Crippen molar-refractivity contribution in [2.24, 2.45) is 0 Å². The van der Waals surface area contributed by atoms with Crippen LogP contribution in [0.4, 0.5) is 0 Å². The maximum atomic E-state index is 12.5. The molecule has 0 unspecified atom stereocenters. The van der Waals surface area contributed by atoms with Gasteiger partial charge in [-0.25, -0.2) is 0 Å². The standard InChI is InChI=1S/C20H23N3O4/c1-26-17-6-5-14(12-18(17)27-2)19(24)22-16-7-10-23(11-8-16)20(25)15-4-3-9-21-13-15/h3-6,9,12-13,16H,7-8,10-11H2,1-2H3,(H,22,24). The Labute approximate surface area is 158 Å². The smallest absolute Gasteiger partial charge is 0.255 e. The third kappa shape index (κ3) is 4.36. The second kappa shape index (κ2) is 8.53. The number of pyridine rings is 1. The maximum Gasteiger partial charge on any atom is 0.255 e. The van der Waals surface area contributed by atoms with Gasteiger partial charge < -0.3 is 19.7 Å². The molecule has 2 aromatic rings. The van der Waals surface area contributed by atoms with Crippen LogP contribution in [0.2, 0.25) is 0 Å². The molecule has 1 aliphatic heterocycles. The van der Waals surface area contributed by atoms with Gasteiger partial charge in [0.2, 0.25) is 0 Å². The summed E-state index contributed by atoms with van der Waals surface area (Å²) in [6.07, 6.45) is 4.65. The summed E-state index contributed by atoms with van der Waals surface area (Å²) in [4.78, 5) is 30.8. The van der Waals surface area contributed by atoms with Crippen LogP contribution in [0, 0.1) is 0 Å². The van der Waals surface area contributed by atoms with E-state index in [9.17, 15) is 9.59 Å². The first-order valence-electron chi connectivity index (χ1n) is 8.84. The number of piperidine rings is 1. The molecule has 1 aliphatic rings. The fraction of sp³-hybridized carbons (Fsp3) is 0.350. The molecule has 1 N–H and O–H groups in total. The fourth-order valence-corrected chi connectivity index (χ4v) is 3.14. The molecule has 0 aliphatic carbocycles. The van der Waals surface area contributed by atoms with E-state index in [0.717, 1.165) is 0 Å². The number of carbonyl (C=O) groups is 2. The largest absolute Gasteiger partial charge is 0.493 e. The number of methoxy groups -OCH3 is 2. The number of amides is 2. The minimum Gasteiger partial charge on any atom is -0.493 e. The molecule has 1 saturated heterocycles. The number of likely N-dealkylation sites (tertiary alicyclic amines) is 1. The topological polar surface area (TPSA) is 80.8 Å². The minimum atomic E-state index is -0.159. The van der Waals surface area contributed by atoms with Crippen molar-refractivity contribution in [3.8, 4) is 11.5 Å². The zero-order valence-corrected chi connectivity index (χ0v) is 15.5. The number of nitrogens with zero attached hydrogens (tertiary/aromatic N) is 2. The van der Waals surface area contributed by atoms with Crippen LogP contribution in [0.3, 0.4) is 0 Å². The molecule has 1 aromatic heterocycles. The summed E-state index contributed by atoms with van der Waals surface area (Å²) in [5, 5.41) is 3.04. The van der Waals surface area contributed by atoms with E-state index in [0.29, 0.717) is 48.6 Å². The van der Waals surface area contributed by atoms with E-state index in [4.69, 9.17) is 9.47 Å². The highest BCUT2D eigenvalue weighted by atomic mass is 16.5. The second-order valence-corrected chi connectivity index (χ2v) is 6.35. The molecule has 0 bridgehead atoms. The van der Waals surface area contributed by atoms with Gasteiger partial charge >= 0.3 is 0 Å². The first-order chi connectivity index (χ1) is 13.1. The molecule has 0 atom stereocenters. The third-order valence-corrected chi connectivity index (χ3v) is 4.67. The Balaban J connectivity index is 1.56. The number of hydrogen-bond acceptors (Lipinski definition) is 5. The lowest BCUT2D eigenvalue weighted by molar-refractivity contribution is 0.0697. The van der Waals surface area contributed by atoms with Crippen LogP contribution in [-0.2, 0) is 0 Å². The van der Waals surface area contributed by atoms with Crippen molar-refractivity contribution in [3.63, 3.8) is 0 Å². The van der Waals surface area contributed by atoms with Gasteiger partial charge in [0.15, 0.2) is 11.5 Å². The molecule has 1 fully saturated rings. The zero-order chi connectivity index (χ0) is 19.2. The van der Waals surface area contributed by atoms with E-state index < -0.39 is 0 Å². The van der Waals surface area contributed by atoms with E-state index >= 15 is 0 Å². The molecular weight excluding hydrogens is 346 g/mol. The van der Waals surface area contributed by atoms with E-state index in [1.54, 1.807) is 54.7 Å². The molecule has 7 nitrogen and oxygen atoms in total. The lowest BCUT2D eigenvalue weighted by Gasteiger charge is -2.32. The van der Waals surface area contributed by atoms with Crippen LogP contribution in [-0.4, -0.2) is 55.0 Å². The van der Waals surface area contributed by atoms with Gasteiger partial charge in [-0.1, -0.05) is 0 Å². The monoisotopic (exact) mass is 369 g/mol. The van der Waals surface area contributed by atoms with E-state index in [1.807, 2.05) is 0 Å². The van der Waals surface area contributed by atoms with Gasteiger partial charge in [0.1, 0.15) is 0 Å². The van der Waals surface area contributed by atoms with E-state index in [2.05, 4.69) is 10.3 Å². The summed E-state index contributed by atoms with van der Waals surface area (Å²) in [5.41, 5.74) is 1.10. The van der Waals surface area contributed by atoms with Gasteiger partial charge in [-0.15, -0.1) is 0 Å². The molecule has 1 aromatic carbocycles. The van der Waals surface area contributed by atoms with Crippen molar-refractivity contribution < 1.29 is 19.1 Å². The van der Waals surface area contributed by atoms with Gasteiger partial charge in [-0.05, 0) is 43.2 Å². The molecule has 0 radical (unpaired) electrons. The number of aromatic nitrogens is 1. The average Bonchev–Trinajstić information content (AvgIpc) is 2.73. The summed E-state index contributed by atoms with van der Waals surface area (Å²) in [5.74, 6) is 0.916. The lowest BCUT2D eigenvalue weighted by Crippen LogP contribution is -2.46. The summed E-state index contributed by atoms with van der Waals surface area (Å²) in [6.45, 7) is 1.20. The summed E-state index contributed by atoms with van der Waals surface area (Å²) in [6, 6.07) is 8.63. The van der Waals surface area contributed by atoms with Gasteiger partial charge in [-0.3, -0.25) is 14.6 Å². The van der Waals surface area contributed by atoms with Crippen LogP contribution in [0.15, 0.2) is 42.7 Å². The van der Waals surface area contributed by atoms with Crippen molar-refractivity contribution in [2.45, 2.75) is 18.9 Å². The number of carbonyl (C=O) groups excluding carboxylic acids is 2. The molecule has 142 valence electrons. The van der Waals surface area contributed by atoms with Gasteiger partial charge in [-0.2, -0.15) is 0 Å². The Kier molecular flexibility index (Phi) is 5.90. The summed E-state index contributed by atoms with van der Waals surface area (Å²) < 4.78 is 10.4. The molecule has 7 heteroatoms. The fourth-order valence-electron chi connectivity index (χ4n) is 3.14. The Morgan fingerprint density at radius 2 is 1.81 bits per heavy atom. The number of rotatable bonds is 5. The van der Waals surface area contributed by atoms with Crippen LogP contribution in [0.5, 0.6) is 11.5 Å².